The Morgan fingerprint density at radius 3 is 2.61 bits per heavy atom. The number of rotatable bonds is 7. The van der Waals surface area contributed by atoms with Gasteiger partial charge in [-0.2, -0.15) is 0 Å². The maximum atomic E-state index is 13.3. The summed E-state index contributed by atoms with van der Waals surface area (Å²) < 4.78 is 24.5. The normalized spacial score (nSPS) is 11.3. The molecule has 1 aromatic heterocycles. The summed E-state index contributed by atoms with van der Waals surface area (Å²) in [6, 6.07) is 9.15. The van der Waals surface area contributed by atoms with E-state index >= 15 is 0 Å². The first-order chi connectivity index (χ1) is 13.4. The lowest BCUT2D eigenvalue weighted by atomic mass is 9.99. The van der Waals surface area contributed by atoms with Crippen LogP contribution in [0.15, 0.2) is 40.8 Å². The Morgan fingerprint density at radius 2 is 1.96 bits per heavy atom. The molecule has 6 heteroatoms. The molecule has 3 rings (SSSR count). The van der Waals surface area contributed by atoms with E-state index in [1.54, 1.807) is 25.1 Å². The molecule has 3 aromatic rings. The number of ether oxygens (including phenoxy) is 1. The van der Waals surface area contributed by atoms with Gasteiger partial charge in [-0.1, -0.05) is 13.8 Å². The van der Waals surface area contributed by atoms with Gasteiger partial charge in [-0.05, 0) is 55.8 Å². The molecular formula is C22H24FNO4. The van der Waals surface area contributed by atoms with Crippen molar-refractivity contribution in [2.24, 2.45) is 0 Å². The van der Waals surface area contributed by atoms with Crippen molar-refractivity contribution >= 4 is 16.9 Å². The zero-order chi connectivity index (χ0) is 20.3. The van der Waals surface area contributed by atoms with Gasteiger partial charge in [-0.25, -0.2) is 9.18 Å². The first-order valence-electron chi connectivity index (χ1n) is 9.35. The largest absolute Gasteiger partial charge is 0.508 e. The van der Waals surface area contributed by atoms with Gasteiger partial charge in [0.1, 0.15) is 28.5 Å². The van der Waals surface area contributed by atoms with Crippen molar-refractivity contribution in [1.82, 2.24) is 5.32 Å². The summed E-state index contributed by atoms with van der Waals surface area (Å²) in [5, 5.41) is 14.1. The predicted octanol–water partition coefficient (Wildman–Crippen LogP) is 4.66. The Bertz CT molecular complexity index is 976. The number of halogens is 1. The third kappa shape index (κ3) is 4.17. The lowest BCUT2D eigenvalue weighted by Crippen LogP contribution is -2.25. The molecule has 0 aliphatic heterocycles. The third-order valence-corrected chi connectivity index (χ3v) is 4.39. The SMILES string of the molecule is CCOC(=O)c1c(-c2ccc(F)cc2)oc2cc(O)cc(CCNC(C)C)c12. The molecule has 0 bridgehead atoms. The Morgan fingerprint density at radius 1 is 1.25 bits per heavy atom. The van der Waals surface area contributed by atoms with Crippen molar-refractivity contribution in [3.05, 3.63) is 53.3 Å². The van der Waals surface area contributed by atoms with E-state index in [9.17, 15) is 14.3 Å². The number of fused-ring (bicyclic) bond motifs is 1. The molecule has 0 atom stereocenters. The molecule has 2 N–H and O–H groups in total. The fraction of sp³-hybridized carbons (Fsp3) is 0.318. The van der Waals surface area contributed by atoms with Gasteiger partial charge < -0.3 is 19.6 Å². The number of benzene rings is 2. The Labute approximate surface area is 163 Å². The monoisotopic (exact) mass is 385 g/mol. The van der Waals surface area contributed by atoms with E-state index in [4.69, 9.17) is 9.15 Å². The molecule has 5 nitrogen and oxygen atoms in total. The Hall–Kier alpha value is -2.86. The molecule has 1 heterocycles. The van der Waals surface area contributed by atoms with Crippen LogP contribution in [-0.2, 0) is 11.2 Å². The highest BCUT2D eigenvalue weighted by Gasteiger charge is 2.26. The van der Waals surface area contributed by atoms with Crippen molar-refractivity contribution < 1.29 is 23.4 Å². The average molecular weight is 385 g/mol. The highest BCUT2D eigenvalue weighted by molar-refractivity contribution is 6.10. The maximum absolute atomic E-state index is 13.3. The van der Waals surface area contributed by atoms with Gasteiger partial charge in [-0.15, -0.1) is 0 Å². The summed E-state index contributed by atoms with van der Waals surface area (Å²) in [7, 11) is 0. The van der Waals surface area contributed by atoms with Crippen LogP contribution >= 0.6 is 0 Å². The number of hydrogen-bond donors (Lipinski definition) is 2. The molecule has 0 radical (unpaired) electrons. The van der Waals surface area contributed by atoms with E-state index in [0.717, 1.165) is 5.56 Å². The number of hydrogen-bond acceptors (Lipinski definition) is 5. The second kappa shape index (κ2) is 8.44. The van der Waals surface area contributed by atoms with E-state index in [1.165, 1.54) is 18.2 Å². The van der Waals surface area contributed by atoms with Crippen molar-refractivity contribution in [1.29, 1.82) is 0 Å². The van der Waals surface area contributed by atoms with Crippen LogP contribution in [0, 0.1) is 5.82 Å². The summed E-state index contributed by atoms with van der Waals surface area (Å²) in [4.78, 5) is 12.8. The highest BCUT2D eigenvalue weighted by Crippen LogP contribution is 2.38. The van der Waals surface area contributed by atoms with Gasteiger partial charge in [0.05, 0.1) is 6.61 Å². The fourth-order valence-electron chi connectivity index (χ4n) is 3.19. The average Bonchev–Trinajstić information content (AvgIpc) is 3.01. The van der Waals surface area contributed by atoms with E-state index in [-0.39, 0.29) is 18.2 Å². The van der Waals surface area contributed by atoms with Crippen LogP contribution in [0.5, 0.6) is 5.75 Å². The predicted molar refractivity (Wildman–Crippen MR) is 106 cm³/mol. The lowest BCUT2D eigenvalue weighted by Gasteiger charge is -2.10. The third-order valence-electron chi connectivity index (χ3n) is 4.39. The molecule has 0 unspecified atom stereocenters. The van der Waals surface area contributed by atoms with Gasteiger partial charge in [0.2, 0.25) is 0 Å². The van der Waals surface area contributed by atoms with Gasteiger partial charge >= 0.3 is 5.97 Å². The van der Waals surface area contributed by atoms with Crippen LogP contribution in [0.3, 0.4) is 0 Å². The topological polar surface area (TPSA) is 71.7 Å². The van der Waals surface area contributed by atoms with Crippen LogP contribution in [0.25, 0.3) is 22.3 Å². The van der Waals surface area contributed by atoms with Gasteiger partial charge in [-0.3, -0.25) is 0 Å². The summed E-state index contributed by atoms with van der Waals surface area (Å²) in [5.41, 5.74) is 2.03. The Balaban J connectivity index is 2.18. The molecule has 0 spiro atoms. The van der Waals surface area contributed by atoms with Crippen LogP contribution < -0.4 is 5.32 Å². The molecule has 0 aliphatic carbocycles. The van der Waals surface area contributed by atoms with Crippen LogP contribution in [-0.4, -0.2) is 30.3 Å². The molecule has 0 fully saturated rings. The number of carbonyl (C=O) groups excluding carboxylic acids is 1. The molecule has 0 saturated carbocycles. The summed E-state index contributed by atoms with van der Waals surface area (Å²) in [6.07, 6.45) is 0.595. The first-order valence-corrected chi connectivity index (χ1v) is 9.35. The zero-order valence-electron chi connectivity index (χ0n) is 16.2. The molecular weight excluding hydrogens is 361 g/mol. The van der Waals surface area contributed by atoms with E-state index in [0.29, 0.717) is 46.9 Å². The summed E-state index contributed by atoms with van der Waals surface area (Å²) in [6.45, 7) is 6.72. The first kappa shape index (κ1) is 19.9. The smallest absolute Gasteiger partial charge is 0.342 e. The number of nitrogens with one attached hydrogen (secondary N) is 1. The van der Waals surface area contributed by atoms with Crippen LogP contribution in [0.1, 0.15) is 36.7 Å². The van der Waals surface area contributed by atoms with Gasteiger partial charge in [0.25, 0.3) is 0 Å². The molecule has 0 saturated heterocycles. The minimum Gasteiger partial charge on any atom is -0.508 e. The minimum absolute atomic E-state index is 0.0573. The van der Waals surface area contributed by atoms with Crippen molar-refractivity contribution in [3.63, 3.8) is 0 Å². The maximum Gasteiger partial charge on any atom is 0.342 e. The Kier molecular flexibility index (Phi) is 5.99. The number of aromatic hydroxyl groups is 1. The number of esters is 1. The van der Waals surface area contributed by atoms with Crippen LogP contribution in [0.4, 0.5) is 4.39 Å². The van der Waals surface area contributed by atoms with Crippen LogP contribution in [0.2, 0.25) is 0 Å². The number of phenolic OH excluding ortho intramolecular Hbond substituents is 1. The van der Waals surface area contributed by atoms with E-state index < -0.39 is 5.97 Å². The summed E-state index contributed by atoms with van der Waals surface area (Å²) in [5.74, 6) is -0.529. The van der Waals surface area contributed by atoms with E-state index in [1.807, 2.05) is 13.8 Å². The van der Waals surface area contributed by atoms with Crippen molar-refractivity contribution in [2.75, 3.05) is 13.2 Å². The van der Waals surface area contributed by atoms with E-state index in [2.05, 4.69) is 5.32 Å². The van der Waals surface area contributed by atoms with Crippen molar-refractivity contribution in [2.45, 2.75) is 33.2 Å². The number of furan rings is 1. The zero-order valence-corrected chi connectivity index (χ0v) is 16.2. The quantitative estimate of drug-likeness (QED) is 0.579. The molecule has 28 heavy (non-hydrogen) atoms. The van der Waals surface area contributed by atoms with Gasteiger partial charge in [0.15, 0.2) is 0 Å². The second-order valence-electron chi connectivity index (χ2n) is 6.87. The molecule has 148 valence electrons. The summed E-state index contributed by atoms with van der Waals surface area (Å²) >= 11 is 0. The highest BCUT2D eigenvalue weighted by atomic mass is 19.1. The fourth-order valence-corrected chi connectivity index (χ4v) is 3.19. The molecule has 0 aliphatic rings. The second-order valence-corrected chi connectivity index (χ2v) is 6.87. The lowest BCUT2D eigenvalue weighted by molar-refractivity contribution is 0.0528. The number of carbonyl (C=O) groups is 1. The number of phenols is 1. The minimum atomic E-state index is -0.510. The van der Waals surface area contributed by atoms with Crippen molar-refractivity contribution in [3.8, 4) is 17.1 Å². The van der Waals surface area contributed by atoms with Gasteiger partial charge in [0, 0.05) is 23.1 Å². The molecule has 2 aromatic carbocycles. The molecule has 0 amide bonds. The standard InChI is InChI=1S/C22H24FNO4/c1-4-27-22(26)20-19-15(9-10-24-13(2)3)11-17(25)12-18(19)28-21(20)14-5-7-16(23)8-6-14/h5-8,11-13,24-25H,4,9-10H2,1-3H3.